The monoisotopic (exact) mass is 315 g/mol. The lowest BCUT2D eigenvalue weighted by Gasteiger charge is -2.33. The van der Waals surface area contributed by atoms with Crippen LogP contribution < -0.4 is 5.73 Å². The van der Waals surface area contributed by atoms with E-state index in [1.807, 2.05) is 0 Å². The van der Waals surface area contributed by atoms with Crippen molar-refractivity contribution in [3.63, 3.8) is 0 Å². The normalized spacial score (nSPS) is 21.3. The number of amides is 1. The van der Waals surface area contributed by atoms with Gasteiger partial charge in [-0.2, -0.15) is 0 Å². The van der Waals surface area contributed by atoms with Crippen LogP contribution in [0.5, 0.6) is 0 Å². The Morgan fingerprint density at radius 3 is 1.68 bits per heavy atom. The Balaban J connectivity index is 0.000000980. The first-order chi connectivity index (χ1) is 9.60. The predicted molar refractivity (Wildman–Crippen MR) is 91.0 cm³/mol. The zero-order chi connectivity index (χ0) is 17.9. The van der Waals surface area contributed by atoms with Crippen molar-refractivity contribution >= 4 is 13.2 Å². The van der Waals surface area contributed by atoms with Crippen LogP contribution in [0.15, 0.2) is 0 Å². The quantitative estimate of drug-likeness (QED) is 0.766. The molecule has 1 rings (SSSR count). The highest BCUT2D eigenvalue weighted by molar-refractivity contribution is 6.47. The highest BCUT2D eigenvalue weighted by Gasteiger charge is 2.55. The lowest BCUT2D eigenvalue weighted by atomic mass is 9.56. The molecule has 0 bridgehead atoms. The Morgan fingerprint density at radius 1 is 1.14 bits per heavy atom. The second-order valence-electron chi connectivity index (χ2n) is 8.57. The third-order valence-electron chi connectivity index (χ3n) is 4.44. The second-order valence-corrected chi connectivity index (χ2v) is 8.57. The zero-order valence-electron chi connectivity index (χ0n) is 15.7. The van der Waals surface area contributed by atoms with Gasteiger partial charge in [-0.1, -0.05) is 34.6 Å². The molecule has 0 aromatic rings. The number of hydrogen-bond acceptors (Lipinski definition) is 3. The lowest BCUT2D eigenvalue weighted by Crippen LogP contribution is -2.41. The summed E-state index contributed by atoms with van der Waals surface area (Å²) in [7, 11) is -0.0857. The summed E-state index contributed by atoms with van der Waals surface area (Å²) in [6, 6.07) is 0. The number of primary amides is 1. The molecule has 0 aromatic heterocycles. The standard InChI is InChI=1S/C15H31BO2.CH3NO2/c1-11(2)10-12(13(3,4)5)16-17-14(6,7)15(8,9)18-16;2-1(3)4/h11-12H,10H2,1-9H3;2H2,(H,3,4). The van der Waals surface area contributed by atoms with Crippen LogP contribution in [0.2, 0.25) is 5.82 Å². The first-order valence-corrected chi connectivity index (χ1v) is 7.94. The van der Waals surface area contributed by atoms with Crippen molar-refractivity contribution in [3.8, 4) is 0 Å². The summed E-state index contributed by atoms with van der Waals surface area (Å²) < 4.78 is 12.5. The highest BCUT2D eigenvalue weighted by Crippen LogP contribution is 2.47. The number of carboxylic acid groups (broad SMARTS) is 1. The fourth-order valence-corrected chi connectivity index (χ4v) is 2.43. The van der Waals surface area contributed by atoms with Gasteiger partial charge in [-0.15, -0.1) is 0 Å². The first kappa shape index (κ1) is 21.3. The maximum Gasteiger partial charge on any atom is 0.461 e. The molecule has 130 valence electrons. The van der Waals surface area contributed by atoms with Crippen LogP contribution in [-0.4, -0.2) is 29.5 Å². The summed E-state index contributed by atoms with van der Waals surface area (Å²) >= 11 is 0. The van der Waals surface area contributed by atoms with Crippen LogP contribution in [0.3, 0.4) is 0 Å². The Morgan fingerprint density at radius 2 is 1.45 bits per heavy atom. The summed E-state index contributed by atoms with van der Waals surface area (Å²) in [4.78, 5) is 8.78. The van der Waals surface area contributed by atoms with E-state index in [-0.39, 0.29) is 23.7 Å². The number of carbonyl (C=O) groups is 1. The summed E-state index contributed by atoms with van der Waals surface area (Å²) in [5, 5.41) is 7.19. The molecule has 1 fully saturated rings. The van der Waals surface area contributed by atoms with Gasteiger partial charge >= 0.3 is 13.2 Å². The smallest absolute Gasteiger partial charge is 0.461 e. The maximum absolute atomic E-state index is 8.78. The van der Waals surface area contributed by atoms with Gasteiger partial charge < -0.3 is 20.1 Å². The van der Waals surface area contributed by atoms with Crippen LogP contribution in [-0.2, 0) is 9.31 Å². The van der Waals surface area contributed by atoms with E-state index in [9.17, 15) is 0 Å². The predicted octanol–water partition coefficient (Wildman–Crippen LogP) is 4.16. The molecule has 6 heteroatoms. The summed E-state index contributed by atoms with van der Waals surface area (Å²) in [5.74, 6) is 1.09. The van der Waals surface area contributed by atoms with E-state index in [1.165, 1.54) is 0 Å². The van der Waals surface area contributed by atoms with Gasteiger partial charge in [0.15, 0.2) is 0 Å². The van der Waals surface area contributed by atoms with E-state index >= 15 is 0 Å². The van der Waals surface area contributed by atoms with Gasteiger partial charge in [0.1, 0.15) is 0 Å². The van der Waals surface area contributed by atoms with Gasteiger partial charge in [0.2, 0.25) is 0 Å². The summed E-state index contributed by atoms with van der Waals surface area (Å²) in [6.45, 7) is 19.9. The molecule has 1 unspecified atom stereocenters. The van der Waals surface area contributed by atoms with E-state index in [4.69, 9.17) is 19.2 Å². The topological polar surface area (TPSA) is 81.8 Å². The van der Waals surface area contributed by atoms with Crippen molar-refractivity contribution in [2.45, 2.75) is 85.8 Å². The van der Waals surface area contributed by atoms with Crippen LogP contribution in [0.25, 0.3) is 0 Å². The molecule has 0 aliphatic carbocycles. The molecule has 0 saturated carbocycles. The van der Waals surface area contributed by atoms with Crippen LogP contribution in [0.4, 0.5) is 4.79 Å². The van der Waals surface area contributed by atoms with Crippen molar-refractivity contribution in [3.05, 3.63) is 0 Å². The molecule has 1 heterocycles. The van der Waals surface area contributed by atoms with Gasteiger partial charge in [-0.05, 0) is 51.3 Å². The van der Waals surface area contributed by atoms with Crippen LogP contribution in [0.1, 0.15) is 68.7 Å². The Labute approximate surface area is 136 Å². The average molecular weight is 315 g/mol. The van der Waals surface area contributed by atoms with E-state index in [0.717, 1.165) is 6.42 Å². The first-order valence-electron chi connectivity index (χ1n) is 7.94. The van der Waals surface area contributed by atoms with Crippen molar-refractivity contribution in [2.75, 3.05) is 0 Å². The van der Waals surface area contributed by atoms with E-state index in [0.29, 0.717) is 11.7 Å². The number of hydrogen-bond donors (Lipinski definition) is 2. The van der Waals surface area contributed by atoms with Gasteiger partial charge in [-0.25, -0.2) is 4.79 Å². The van der Waals surface area contributed by atoms with Crippen molar-refractivity contribution < 1.29 is 19.2 Å². The molecule has 1 amide bonds. The Hall–Kier alpha value is -0.745. The van der Waals surface area contributed by atoms with Crippen molar-refractivity contribution in [1.29, 1.82) is 0 Å². The second kappa shape index (κ2) is 7.22. The van der Waals surface area contributed by atoms with Crippen molar-refractivity contribution in [1.82, 2.24) is 0 Å². The average Bonchev–Trinajstić information content (AvgIpc) is 2.41. The van der Waals surface area contributed by atoms with Gasteiger partial charge in [0, 0.05) is 0 Å². The third kappa shape index (κ3) is 6.17. The minimum Gasteiger partial charge on any atom is -0.465 e. The van der Waals surface area contributed by atoms with Crippen LogP contribution in [0, 0.1) is 11.3 Å². The minimum absolute atomic E-state index is 0.0857. The van der Waals surface area contributed by atoms with Crippen LogP contribution >= 0.6 is 0 Å². The SMILES string of the molecule is CC(C)CC(B1OC(C)(C)C(C)(C)O1)C(C)(C)C.NC(=O)O. The molecule has 0 aromatic carbocycles. The molecule has 3 N–H and O–H groups in total. The molecule has 1 aliphatic rings. The molecule has 5 nitrogen and oxygen atoms in total. The molecule has 1 saturated heterocycles. The van der Waals surface area contributed by atoms with Crippen molar-refractivity contribution in [2.24, 2.45) is 17.1 Å². The zero-order valence-corrected chi connectivity index (χ0v) is 15.7. The fourth-order valence-electron chi connectivity index (χ4n) is 2.43. The van der Waals surface area contributed by atoms with E-state index < -0.39 is 6.09 Å². The largest absolute Gasteiger partial charge is 0.465 e. The highest BCUT2D eigenvalue weighted by atomic mass is 16.7. The lowest BCUT2D eigenvalue weighted by molar-refractivity contribution is 0.00578. The van der Waals surface area contributed by atoms with Gasteiger partial charge in [0.25, 0.3) is 0 Å². The fraction of sp³-hybridized carbons (Fsp3) is 0.938. The molecular weight excluding hydrogens is 281 g/mol. The van der Waals surface area contributed by atoms with Gasteiger partial charge in [0.05, 0.1) is 11.2 Å². The Kier molecular flexibility index (Phi) is 6.97. The molecule has 1 atom stereocenters. The molecule has 0 spiro atoms. The molecule has 0 radical (unpaired) electrons. The van der Waals surface area contributed by atoms with Gasteiger partial charge in [-0.3, -0.25) is 0 Å². The van der Waals surface area contributed by atoms with E-state index in [2.05, 4.69) is 68.0 Å². The number of nitrogens with two attached hydrogens (primary N) is 1. The Bertz CT molecular complexity index is 355. The third-order valence-corrected chi connectivity index (χ3v) is 4.44. The number of rotatable bonds is 3. The molecule has 22 heavy (non-hydrogen) atoms. The summed E-state index contributed by atoms with van der Waals surface area (Å²) in [5.41, 5.74) is 3.78. The summed E-state index contributed by atoms with van der Waals surface area (Å²) in [6.07, 6.45) is -0.194. The molecule has 1 aliphatic heterocycles. The molecular formula is C16H34BNO4. The van der Waals surface area contributed by atoms with E-state index in [1.54, 1.807) is 0 Å². The minimum atomic E-state index is -1.33. The maximum atomic E-state index is 8.78.